The summed E-state index contributed by atoms with van der Waals surface area (Å²) < 4.78 is 47.5. The molecule has 0 bridgehead atoms. The summed E-state index contributed by atoms with van der Waals surface area (Å²) in [5.41, 5.74) is 6.38. The van der Waals surface area contributed by atoms with Crippen LogP contribution < -0.4 is 15.2 Å². The number of hydrogen-bond donors (Lipinski definition) is 2. The van der Waals surface area contributed by atoms with Gasteiger partial charge in [0.1, 0.15) is 22.1 Å². The number of nitrogens with one attached hydrogen (secondary N) is 1. The molecule has 0 aliphatic carbocycles. The molecular formula is C17H18ClFN2O3S. The third kappa shape index (κ3) is 3.73. The SMILES string of the molecule is CC1(C)CC(NS(=O)(=O)c2cc(F)ccc2Cl)c2cc(N)ccc2O1. The van der Waals surface area contributed by atoms with Crippen LogP contribution in [0.3, 0.4) is 0 Å². The Morgan fingerprint density at radius 3 is 2.72 bits per heavy atom. The highest BCUT2D eigenvalue weighted by Gasteiger charge is 2.36. The molecule has 2 aromatic carbocycles. The molecule has 0 aromatic heterocycles. The van der Waals surface area contributed by atoms with Gasteiger partial charge in [0.05, 0.1) is 11.1 Å². The minimum absolute atomic E-state index is 0.0481. The zero-order chi connectivity index (χ0) is 18.4. The van der Waals surface area contributed by atoms with Crippen LogP contribution in [0.15, 0.2) is 41.3 Å². The van der Waals surface area contributed by atoms with Gasteiger partial charge in [-0.15, -0.1) is 0 Å². The van der Waals surface area contributed by atoms with E-state index in [1.165, 1.54) is 6.07 Å². The maximum absolute atomic E-state index is 13.5. The molecule has 0 saturated heterocycles. The maximum Gasteiger partial charge on any atom is 0.242 e. The Kier molecular flexibility index (Phi) is 4.43. The molecule has 1 unspecified atom stereocenters. The monoisotopic (exact) mass is 384 g/mol. The molecular weight excluding hydrogens is 367 g/mol. The van der Waals surface area contributed by atoms with Crippen molar-refractivity contribution in [3.05, 3.63) is 52.8 Å². The fraction of sp³-hybridized carbons (Fsp3) is 0.294. The highest BCUT2D eigenvalue weighted by Crippen LogP contribution is 2.41. The van der Waals surface area contributed by atoms with Gasteiger partial charge in [0.25, 0.3) is 0 Å². The highest BCUT2D eigenvalue weighted by molar-refractivity contribution is 7.89. The van der Waals surface area contributed by atoms with Crippen LogP contribution in [0.4, 0.5) is 10.1 Å². The van der Waals surface area contributed by atoms with E-state index < -0.39 is 27.5 Å². The normalized spacial score (nSPS) is 19.1. The summed E-state index contributed by atoms with van der Waals surface area (Å²) in [6.07, 6.45) is 0.385. The van der Waals surface area contributed by atoms with Crippen molar-refractivity contribution in [2.75, 3.05) is 5.73 Å². The van der Waals surface area contributed by atoms with Gasteiger partial charge in [0, 0.05) is 17.7 Å². The molecule has 1 atom stereocenters. The third-order valence-corrected chi connectivity index (χ3v) is 5.92. The molecule has 0 radical (unpaired) electrons. The second kappa shape index (κ2) is 6.16. The molecule has 5 nitrogen and oxygen atoms in total. The van der Waals surface area contributed by atoms with Crippen LogP contribution in [0, 0.1) is 5.82 Å². The van der Waals surface area contributed by atoms with Gasteiger partial charge < -0.3 is 10.5 Å². The predicted molar refractivity (Wildman–Crippen MR) is 94.7 cm³/mol. The number of ether oxygens (including phenoxy) is 1. The molecule has 8 heteroatoms. The first-order valence-corrected chi connectivity index (χ1v) is 9.49. The van der Waals surface area contributed by atoms with Crippen LogP contribution in [-0.2, 0) is 10.0 Å². The molecule has 2 aromatic rings. The number of nitrogens with two attached hydrogens (primary N) is 1. The largest absolute Gasteiger partial charge is 0.487 e. The predicted octanol–water partition coefficient (Wildman–Crippen LogP) is 3.64. The Labute approximate surface area is 151 Å². The number of halogens is 2. The van der Waals surface area contributed by atoms with Crippen LogP contribution in [0.1, 0.15) is 31.9 Å². The van der Waals surface area contributed by atoms with E-state index in [0.29, 0.717) is 23.4 Å². The van der Waals surface area contributed by atoms with E-state index in [-0.39, 0.29) is 9.92 Å². The first-order chi connectivity index (χ1) is 11.6. The minimum Gasteiger partial charge on any atom is -0.487 e. The molecule has 0 spiro atoms. The number of anilines is 1. The maximum atomic E-state index is 13.5. The van der Waals surface area contributed by atoms with Crippen LogP contribution >= 0.6 is 11.6 Å². The molecule has 1 heterocycles. The lowest BCUT2D eigenvalue weighted by Gasteiger charge is -2.37. The molecule has 3 rings (SSSR count). The van der Waals surface area contributed by atoms with Gasteiger partial charge in [-0.2, -0.15) is 0 Å². The Morgan fingerprint density at radius 1 is 1.28 bits per heavy atom. The van der Waals surface area contributed by atoms with Crippen molar-refractivity contribution < 1.29 is 17.5 Å². The van der Waals surface area contributed by atoms with Crippen molar-refractivity contribution in [3.8, 4) is 5.75 Å². The van der Waals surface area contributed by atoms with Crippen molar-refractivity contribution in [1.82, 2.24) is 4.72 Å². The molecule has 134 valence electrons. The second-order valence-electron chi connectivity index (χ2n) is 6.61. The molecule has 0 amide bonds. The number of hydrogen-bond acceptors (Lipinski definition) is 4. The van der Waals surface area contributed by atoms with E-state index >= 15 is 0 Å². The summed E-state index contributed by atoms with van der Waals surface area (Å²) in [5.74, 6) is -0.120. The molecule has 1 aliphatic rings. The number of benzene rings is 2. The first-order valence-electron chi connectivity index (χ1n) is 7.63. The smallest absolute Gasteiger partial charge is 0.242 e. The summed E-state index contributed by atoms with van der Waals surface area (Å²) in [5, 5.41) is -0.0481. The summed E-state index contributed by atoms with van der Waals surface area (Å²) in [7, 11) is -4.04. The van der Waals surface area contributed by atoms with Gasteiger partial charge in [-0.05, 0) is 50.2 Å². The Morgan fingerprint density at radius 2 is 2.00 bits per heavy atom. The van der Waals surface area contributed by atoms with Crippen LogP contribution in [0.2, 0.25) is 5.02 Å². The summed E-state index contributed by atoms with van der Waals surface area (Å²) >= 11 is 5.95. The molecule has 3 N–H and O–H groups in total. The van der Waals surface area contributed by atoms with Crippen molar-refractivity contribution in [2.24, 2.45) is 0 Å². The molecule has 1 aliphatic heterocycles. The average Bonchev–Trinajstić information content (AvgIpc) is 2.49. The summed E-state index contributed by atoms with van der Waals surface area (Å²) in [6.45, 7) is 3.73. The van der Waals surface area contributed by atoms with Crippen molar-refractivity contribution in [1.29, 1.82) is 0 Å². The van der Waals surface area contributed by atoms with Crippen LogP contribution in [0.5, 0.6) is 5.75 Å². The van der Waals surface area contributed by atoms with Gasteiger partial charge in [0.15, 0.2) is 0 Å². The number of sulfonamides is 1. The van der Waals surface area contributed by atoms with Crippen molar-refractivity contribution in [3.63, 3.8) is 0 Å². The zero-order valence-electron chi connectivity index (χ0n) is 13.7. The van der Waals surface area contributed by atoms with Gasteiger partial charge in [-0.25, -0.2) is 17.5 Å². The van der Waals surface area contributed by atoms with Crippen LogP contribution in [-0.4, -0.2) is 14.0 Å². The van der Waals surface area contributed by atoms with E-state index in [2.05, 4.69) is 4.72 Å². The van der Waals surface area contributed by atoms with E-state index in [9.17, 15) is 12.8 Å². The topological polar surface area (TPSA) is 81.4 Å². The quantitative estimate of drug-likeness (QED) is 0.791. The summed E-state index contributed by atoms with van der Waals surface area (Å²) in [6, 6.07) is 7.71. The number of nitrogen functional groups attached to an aromatic ring is 1. The Balaban J connectivity index is 2.02. The minimum atomic E-state index is -4.04. The standard InChI is InChI=1S/C17H18ClFN2O3S/c1-17(2)9-14(12-8-11(20)4-6-15(12)24-17)21-25(22,23)16-7-10(19)3-5-13(16)18/h3-8,14,21H,9,20H2,1-2H3. The van der Waals surface area contributed by atoms with Crippen molar-refractivity contribution >= 4 is 27.3 Å². The fourth-order valence-corrected chi connectivity index (χ4v) is 4.64. The van der Waals surface area contributed by atoms with Gasteiger partial charge >= 0.3 is 0 Å². The Hall–Kier alpha value is -1.83. The van der Waals surface area contributed by atoms with Crippen LogP contribution in [0.25, 0.3) is 0 Å². The lowest BCUT2D eigenvalue weighted by atomic mass is 9.90. The van der Waals surface area contributed by atoms with Gasteiger partial charge in [-0.3, -0.25) is 0 Å². The van der Waals surface area contributed by atoms with E-state index in [0.717, 1.165) is 12.1 Å². The Bertz CT molecular complexity index is 931. The number of rotatable bonds is 3. The van der Waals surface area contributed by atoms with Gasteiger partial charge in [0.2, 0.25) is 10.0 Å². The van der Waals surface area contributed by atoms with Crippen molar-refractivity contribution in [2.45, 2.75) is 36.8 Å². The highest BCUT2D eigenvalue weighted by atomic mass is 35.5. The average molecular weight is 385 g/mol. The molecule has 0 fully saturated rings. The van der Waals surface area contributed by atoms with E-state index in [4.69, 9.17) is 22.1 Å². The first kappa shape index (κ1) is 18.0. The second-order valence-corrected chi connectivity index (χ2v) is 8.70. The van der Waals surface area contributed by atoms with E-state index in [1.54, 1.807) is 18.2 Å². The fourth-order valence-electron chi connectivity index (χ4n) is 2.91. The van der Waals surface area contributed by atoms with E-state index in [1.807, 2.05) is 13.8 Å². The molecule has 0 saturated carbocycles. The zero-order valence-corrected chi connectivity index (χ0v) is 15.3. The number of fused-ring (bicyclic) bond motifs is 1. The lowest BCUT2D eigenvalue weighted by Crippen LogP contribution is -2.41. The third-order valence-electron chi connectivity index (χ3n) is 3.97. The summed E-state index contributed by atoms with van der Waals surface area (Å²) in [4.78, 5) is -0.302. The molecule has 25 heavy (non-hydrogen) atoms. The lowest BCUT2D eigenvalue weighted by molar-refractivity contribution is 0.0702. The van der Waals surface area contributed by atoms with Gasteiger partial charge in [-0.1, -0.05) is 11.6 Å².